The molecule has 1 aromatic rings. The predicted octanol–water partition coefficient (Wildman–Crippen LogP) is 1.85. The first kappa shape index (κ1) is 14.5. The number of hydrogen-bond acceptors (Lipinski definition) is 3. The summed E-state index contributed by atoms with van der Waals surface area (Å²) in [5.74, 6) is 0.559. The number of likely N-dealkylation sites (N-methyl/N-ethyl adjacent to an activating group) is 1. The minimum atomic E-state index is -0.588. The lowest BCUT2D eigenvalue weighted by Crippen LogP contribution is -2.47. The van der Waals surface area contributed by atoms with Crippen LogP contribution in [0.2, 0.25) is 0 Å². The zero-order valence-electron chi connectivity index (χ0n) is 11.7. The van der Waals surface area contributed by atoms with Gasteiger partial charge in [0.05, 0.1) is 19.3 Å². The summed E-state index contributed by atoms with van der Waals surface area (Å²) in [5.41, 5.74) is 0.953. The summed E-state index contributed by atoms with van der Waals surface area (Å²) in [6.07, 6.45) is 0. The van der Waals surface area contributed by atoms with Gasteiger partial charge in [-0.25, -0.2) is 0 Å². The standard InChI is InChI=1S/C14H21NO3/c1-10-6-7-11(8-12(10)18-5)13(17)15(4)14(2,3)9-16/h6-8,16H,9H2,1-5H3. The van der Waals surface area contributed by atoms with Crippen LogP contribution in [0.15, 0.2) is 18.2 Å². The van der Waals surface area contributed by atoms with Gasteiger partial charge in [-0.1, -0.05) is 6.07 Å². The van der Waals surface area contributed by atoms with E-state index in [4.69, 9.17) is 4.74 Å². The van der Waals surface area contributed by atoms with E-state index in [1.165, 1.54) is 4.90 Å². The number of carbonyl (C=O) groups excluding carboxylic acids is 1. The van der Waals surface area contributed by atoms with Crippen molar-refractivity contribution in [3.63, 3.8) is 0 Å². The minimum Gasteiger partial charge on any atom is -0.496 e. The molecule has 0 spiro atoms. The molecule has 0 atom stereocenters. The van der Waals surface area contributed by atoms with Crippen LogP contribution < -0.4 is 4.74 Å². The maximum atomic E-state index is 12.3. The number of hydrogen-bond donors (Lipinski definition) is 1. The van der Waals surface area contributed by atoms with Crippen molar-refractivity contribution < 1.29 is 14.6 Å². The Morgan fingerprint density at radius 1 is 1.44 bits per heavy atom. The molecule has 1 N–H and O–H groups in total. The maximum absolute atomic E-state index is 12.3. The molecule has 4 nitrogen and oxygen atoms in total. The van der Waals surface area contributed by atoms with E-state index in [0.29, 0.717) is 11.3 Å². The molecule has 0 heterocycles. The summed E-state index contributed by atoms with van der Waals surface area (Å²) in [6.45, 7) is 5.47. The molecule has 18 heavy (non-hydrogen) atoms. The number of carbonyl (C=O) groups is 1. The van der Waals surface area contributed by atoms with Gasteiger partial charge in [-0.3, -0.25) is 4.79 Å². The molecule has 0 saturated heterocycles. The zero-order valence-corrected chi connectivity index (χ0v) is 11.7. The quantitative estimate of drug-likeness (QED) is 0.888. The second-order valence-corrected chi connectivity index (χ2v) is 5.02. The van der Waals surface area contributed by atoms with Gasteiger partial charge >= 0.3 is 0 Å². The van der Waals surface area contributed by atoms with Crippen LogP contribution in [-0.2, 0) is 0 Å². The van der Waals surface area contributed by atoms with Gasteiger partial charge < -0.3 is 14.7 Å². The van der Waals surface area contributed by atoms with E-state index in [1.807, 2.05) is 26.8 Å². The van der Waals surface area contributed by atoms with Gasteiger partial charge in [0.15, 0.2) is 0 Å². The zero-order chi connectivity index (χ0) is 13.9. The molecule has 0 radical (unpaired) electrons. The molecule has 0 aliphatic heterocycles. The lowest BCUT2D eigenvalue weighted by atomic mass is 10.0. The van der Waals surface area contributed by atoms with E-state index in [-0.39, 0.29) is 12.5 Å². The summed E-state index contributed by atoms with van der Waals surface area (Å²) in [6, 6.07) is 5.34. The van der Waals surface area contributed by atoms with Gasteiger partial charge in [-0.05, 0) is 38.5 Å². The molecule has 0 aromatic heterocycles. The normalized spacial score (nSPS) is 11.2. The highest BCUT2D eigenvalue weighted by atomic mass is 16.5. The van der Waals surface area contributed by atoms with E-state index in [2.05, 4.69) is 0 Å². The predicted molar refractivity (Wildman–Crippen MR) is 71.0 cm³/mol. The van der Waals surface area contributed by atoms with E-state index >= 15 is 0 Å². The van der Waals surface area contributed by atoms with Crippen molar-refractivity contribution in [2.24, 2.45) is 0 Å². The van der Waals surface area contributed by atoms with Crippen LogP contribution in [0.25, 0.3) is 0 Å². The highest BCUT2D eigenvalue weighted by molar-refractivity contribution is 5.95. The molecule has 0 unspecified atom stereocenters. The largest absolute Gasteiger partial charge is 0.496 e. The Morgan fingerprint density at radius 2 is 2.06 bits per heavy atom. The molecule has 0 aliphatic rings. The van der Waals surface area contributed by atoms with E-state index in [9.17, 15) is 9.90 Å². The topological polar surface area (TPSA) is 49.8 Å². The van der Waals surface area contributed by atoms with Crippen molar-refractivity contribution in [1.29, 1.82) is 0 Å². The average Bonchev–Trinajstić information content (AvgIpc) is 2.37. The fraction of sp³-hybridized carbons (Fsp3) is 0.500. The van der Waals surface area contributed by atoms with Crippen molar-refractivity contribution in [2.75, 3.05) is 20.8 Å². The number of benzene rings is 1. The summed E-state index contributed by atoms with van der Waals surface area (Å²) < 4.78 is 5.21. The first-order valence-electron chi connectivity index (χ1n) is 5.87. The van der Waals surface area contributed by atoms with Gasteiger partial charge in [-0.2, -0.15) is 0 Å². The summed E-state index contributed by atoms with van der Waals surface area (Å²) in [5, 5.41) is 9.29. The third-order valence-electron chi connectivity index (χ3n) is 3.25. The molecule has 0 saturated carbocycles. The van der Waals surface area contributed by atoms with Crippen LogP contribution in [0.1, 0.15) is 29.8 Å². The minimum absolute atomic E-state index is 0.0851. The highest BCUT2D eigenvalue weighted by Gasteiger charge is 2.27. The van der Waals surface area contributed by atoms with Crippen LogP contribution in [0, 0.1) is 6.92 Å². The van der Waals surface area contributed by atoms with Crippen LogP contribution in [0.5, 0.6) is 5.75 Å². The number of rotatable bonds is 4. The number of nitrogens with zero attached hydrogens (tertiary/aromatic N) is 1. The Morgan fingerprint density at radius 3 is 2.56 bits per heavy atom. The van der Waals surface area contributed by atoms with Crippen molar-refractivity contribution in [3.8, 4) is 5.75 Å². The fourth-order valence-corrected chi connectivity index (χ4v) is 1.53. The number of ether oxygens (including phenoxy) is 1. The van der Waals surface area contributed by atoms with Crippen molar-refractivity contribution in [2.45, 2.75) is 26.3 Å². The highest BCUT2D eigenvalue weighted by Crippen LogP contribution is 2.22. The number of amides is 1. The Labute approximate surface area is 108 Å². The van der Waals surface area contributed by atoms with Crippen LogP contribution >= 0.6 is 0 Å². The van der Waals surface area contributed by atoms with Crippen LogP contribution in [0.4, 0.5) is 0 Å². The van der Waals surface area contributed by atoms with E-state index < -0.39 is 5.54 Å². The smallest absolute Gasteiger partial charge is 0.254 e. The van der Waals surface area contributed by atoms with E-state index in [1.54, 1.807) is 26.3 Å². The second-order valence-electron chi connectivity index (χ2n) is 5.02. The fourth-order valence-electron chi connectivity index (χ4n) is 1.53. The SMILES string of the molecule is COc1cc(C(=O)N(C)C(C)(C)CO)ccc1C. The monoisotopic (exact) mass is 251 g/mol. The molecule has 1 rings (SSSR count). The Hall–Kier alpha value is -1.55. The summed E-state index contributed by atoms with van der Waals surface area (Å²) in [4.78, 5) is 13.8. The molecule has 1 amide bonds. The van der Waals surface area contributed by atoms with Crippen molar-refractivity contribution in [1.82, 2.24) is 4.90 Å². The summed E-state index contributed by atoms with van der Waals surface area (Å²) >= 11 is 0. The lowest BCUT2D eigenvalue weighted by Gasteiger charge is -2.34. The van der Waals surface area contributed by atoms with Gasteiger partial charge in [0, 0.05) is 12.6 Å². The molecule has 1 aromatic carbocycles. The Kier molecular flexibility index (Phi) is 4.35. The molecule has 100 valence electrons. The van der Waals surface area contributed by atoms with Crippen LogP contribution in [-0.4, -0.2) is 42.2 Å². The molecular weight excluding hydrogens is 230 g/mol. The molecule has 0 bridgehead atoms. The van der Waals surface area contributed by atoms with E-state index in [0.717, 1.165) is 5.56 Å². The number of aliphatic hydroxyl groups is 1. The lowest BCUT2D eigenvalue weighted by molar-refractivity contribution is 0.0473. The average molecular weight is 251 g/mol. The molecule has 4 heteroatoms. The third kappa shape index (κ3) is 2.82. The van der Waals surface area contributed by atoms with Gasteiger partial charge in [-0.15, -0.1) is 0 Å². The first-order valence-corrected chi connectivity index (χ1v) is 5.87. The van der Waals surface area contributed by atoms with Crippen LogP contribution in [0.3, 0.4) is 0 Å². The molecule has 0 fully saturated rings. The maximum Gasteiger partial charge on any atom is 0.254 e. The third-order valence-corrected chi connectivity index (χ3v) is 3.25. The van der Waals surface area contributed by atoms with Crippen molar-refractivity contribution >= 4 is 5.91 Å². The number of aryl methyl sites for hydroxylation is 1. The van der Waals surface area contributed by atoms with Gasteiger partial charge in [0.25, 0.3) is 5.91 Å². The first-order chi connectivity index (χ1) is 8.33. The number of methoxy groups -OCH3 is 1. The number of aliphatic hydroxyl groups excluding tert-OH is 1. The Balaban J connectivity index is 3.04. The van der Waals surface area contributed by atoms with Crippen molar-refractivity contribution in [3.05, 3.63) is 29.3 Å². The Bertz CT molecular complexity index is 441. The molecule has 0 aliphatic carbocycles. The second kappa shape index (κ2) is 5.40. The van der Waals surface area contributed by atoms with Gasteiger partial charge in [0.2, 0.25) is 0 Å². The van der Waals surface area contributed by atoms with Gasteiger partial charge in [0.1, 0.15) is 5.75 Å². The molecular formula is C14H21NO3. The summed E-state index contributed by atoms with van der Waals surface area (Å²) in [7, 11) is 3.27.